The fourth-order valence-electron chi connectivity index (χ4n) is 4.58. The average Bonchev–Trinajstić information content (AvgIpc) is 3.08. The van der Waals surface area contributed by atoms with Gasteiger partial charge in [0.25, 0.3) is 0 Å². The second kappa shape index (κ2) is 13.8. The molecular weight excluding hydrogens is 639 g/mol. The Labute approximate surface area is 272 Å². The minimum absolute atomic E-state index is 0.788. The minimum Gasteiger partial charge on any atom is -0.457 e. The van der Waals surface area contributed by atoms with Gasteiger partial charge in [0, 0.05) is 9.79 Å². The fourth-order valence-corrected chi connectivity index (χ4v) is 17.2. The van der Waals surface area contributed by atoms with Crippen molar-refractivity contribution in [2.24, 2.45) is 0 Å². The van der Waals surface area contributed by atoms with Crippen LogP contribution < -0.4 is 26.0 Å². The Bertz CT molecular complexity index is 1640. The molecule has 0 aromatic heterocycles. The first-order valence-corrected chi connectivity index (χ1v) is 22.2. The first-order valence-electron chi connectivity index (χ1n) is 13.7. The molecule has 0 saturated carbocycles. The van der Waals surface area contributed by atoms with E-state index in [0.717, 1.165) is 21.3 Å². The number of rotatable bonds is 10. The molecule has 0 spiro atoms. The topological polar surface area (TPSA) is 9.23 Å². The molecule has 0 amide bonds. The van der Waals surface area contributed by atoms with Crippen molar-refractivity contribution in [3.8, 4) is 11.5 Å². The molecule has 0 aliphatic carbocycles. The SMILES string of the molecule is S=P(Sc1ccc(Oc2ccc(SP(=S)(c3ccccc3)c3ccccc3)cc2)cc1)(c1ccccc1)c1ccccc1. The lowest BCUT2D eigenvalue weighted by Gasteiger charge is -2.23. The summed E-state index contributed by atoms with van der Waals surface area (Å²) in [6.07, 6.45) is 0. The Balaban J connectivity index is 1.18. The molecule has 0 radical (unpaired) electrons. The van der Waals surface area contributed by atoms with Crippen LogP contribution in [0.15, 0.2) is 180 Å². The molecule has 0 heterocycles. The monoisotopic (exact) mass is 666 g/mol. The van der Waals surface area contributed by atoms with Gasteiger partial charge in [-0.2, -0.15) is 0 Å². The molecule has 0 saturated heterocycles. The van der Waals surface area contributed by atoms with Gasteiger partial charge in [-0.3, -0.25) is 0 Å². The standard InChI is InChI=1S/C36H28OP2S4/c40-38(31-13-5-1-6-14-31,32-15-7-2-8-16-32)42-35-25-21-29(22-26-35)37-30-23-27-36(28-24-30)43-39(41,33-17-9-3-10-18-33)34-19-11-4-12-20-34/h1-28H. The summed E-state index contributed by atoms with van der Waals surface area (Å²) >= 11 is 16.4. The van der Waals surface area contributed by atoms with Crippen LogP contribution in [-0.4, -0.2) is 0 Å². The second-order valence-corrected chi connectivity index (χ2v) is 24.3. The highest BCUT2D eigenvalue weighted by molar-refractivity contribution is 8.75. The molecular formula is C36H28OP2S4. The summed E-state index contributed by atoms with van der Waals surface area (Å²) in [5.41, 5.74) is 0. The van der Waals surface area contributed by atoms with Gasteiger partial charge in [-0.1, -0.05) is 168 Å². The van der Waals surface area contributed by atoms with E-state index in [2.05, 4.69) is 121 Å². The van der Waals surface area contributed by atoms with Gasteiger partial charge in [0.15, 0.2) is 0 Å². The van der Waals surface area contributed by atoms with Crippen molar-refractivity contribution in [1.29, 1.82) is 0 Å². The quantitative estimate of drug-likeness (QED) is 0.134. The minimum atomic E-state index is -2.09. The maximum absolute atomic E-state index is 6.40. The Morgan fingerprint density at radius 1 is 0.349 bits per heavy atom. The highest BCUT2D eigenvalue weighted by atomic mass is 32.9. The van der Waals surface area contributed by atoms with E-state index in [1.165, 1.54) is 21.2 Å². The highest BCUT2D eigenvalue weighted by Gasteiger charge is 2.25. The molecule has 212 valence electrons. The average molecular weight is 667 g/mol. The molecule has 0 N–H and O–H groups in total. The summed E-state index contributed by atoms with van der Waals surface area (Å²) < 4.78 is 6.23. The van der Waals surface area contributed by atoms with Crippen LogP contribution in [0.4, 0.5) is 0 Å². The molecule has 0 aliphatic rings. The van der Waals surface area contributed by atoms with Crippen LogP contribution in [0.1, 0.15) is 0 Å². The van der Waals surface area contributed by atoms with Crippen molar-refractivity contribution in [3.05, 3.63) is 170 Å². The third kappa shape index (κ3) is 7.10. The van der Waals surface area contributed by atoms with E-state index in [0.29, 0.717) is 0 Å². The summed E-state index contributed by atoms with van der Waals surface area (Å²) in [6.45, 7) is 0. The van der Waals surface area contributed by atoms with E-state index in [-0.39, 0.29) is 0 Å². The van der Waals surface area contributed by atoms with Crippen molar-refractivity contribution in [1.82, 2.24) is 0 Å². The van der Waals surface area contributed by atoms with E-state index in [1.54, 1.807) is 22.8 Å². The van der Waals surface area contributed by atoms with Crippen LogP contribution in [-0.2, 0) is 23.6 Å². The van der Waals surface area contributed by atoms with Gasteiger partial charge in [0.1, 0.15) is 11.5 Å². The lowest BCUT2D eigenvalue weighted by molar-refractivity contribution is 0.482. The van der Waals surface area contributed by atoms with Crippen molar-refractivity contribution in [2.75, 3.05) is 0 Å². The van der Waals surface area contributed by atoms with Gasteiger partial charge < -0.3 is 4.74 Å². The van der Waals surface area contributed by atoms with Crippen LogP contribution in [0, 0.1) is 0 Å². The lowest BCUT2D eigenvalue weighted by atomic mass is 10.3. The van der Waals surface area contributed by atoms with E-state index in [9.17, 15) is 0 Å². The van der Waals surface area contributed by atoms with Crippen LogP contribution in [0.3, 0.4) is 0 Å². The first-order chi connectivity index (χ1) is 21.0. The molecule has 1 nitrogen and oxygen atoms in total. The summed E-state index contributed by atoms with van der Waals surface area (Å²) in [7, 11) is 0. The maximum atomic E-state index is 6.40. The number of benzene rings is 6. The zero-order chi connectivity index (χ0) is 29.5. The number of hydrogen-bond donors (Lipinski definition) is 0. The summed E-state index contributed by atoms with van der Waals surface area (Å²) in [6, 6.07) is 58.4. The normalized spacial score (nSPS) is 11.6. The molecule has 0 atom stereocenters. The molecule has 6 aromatic carbocycles. The highest BCUT2D eigenvalue weighted by Crippen LogP contribution is 2.61. The van der Waals surface area contributed by atoms with E-state index in [4.69, 9.17) is 28.4 Å². The van der Waals surface area contributed by atoms with Crippen molar-refractivity contribution >= 4 is 78.1 Å². The van der Waals surface area contributed by atoms with Gasteiger partial charge in [0.2, 0.25) is 0 Å². The zero-order valence-electron chi connectivity index (χ0n) is 23.1. The maximum Gasteiger partial charge on any atom is 0.127 e. The van der Waals surface area contributed by atoms with E-state index < -0.39 is 10.5 Å². The molecule has 43 heavy (non-hydrogen) atoms. The van der Waals surface area contributed by atoms with Crippen LogP contribution in [0.2, 0.25) is 0 Å². The first kappa shape index (κ1) is 30.2. The summed E-state index contributed by atoms with van der Waals surface area (Å²) in [5.74, 6) is 1.58. The van der Waals surface area contributed by atoms with Gasteiger partial charge in [-0.05, 0) is 69.7 Å². The van der Waals surface area contributed by atoms with Gasteiger partial charge in [-0.25, -0.2) is 0 Å². The lowest BCUT2D eigenvalue weighted by Crippen LogP contribution is -2.12. The smallest absolute Gasteiger partial charge is 0.127 e. The van der Waals surface area contributed by atoms with Crippen molar-refractivity contribution in [2.45, 2.75) is 9.79 Å². The molecule has 0 aliphatic heterocycles. The van der Waals surface area contributed by atoms with Gasteiger partial charge in [0.05, 0.1) is 10.5 Å². The van der Waals surface area contributed by atoms with Gasteiger partial charge >= 0.3 is 0 Å². The Morgan fingerprint density at radius 2 is 0.605 bits per heavy atom. The largest absolute Gasteiger partial charge is 0.457 e. The third-order valence-electron chi connectivity index (χ3n) is 6.74. The molecule has 6 aromatic rings. The number of ether oxygens (including phenoxy) is 1. The van der Waals surface area contributed by atoms with E-state index >= 15 is 0 Å². The third-order valence-corrected chi connectivity index (χ3v) is 21.3. The predicted octanol–water partition coefficient (Wildman–Crippen LogP) is 9.75. The second-order valence-electron chi connectivity index (χ2n) is 9.67. The summed E-state index contributed by atoms with van der Waals surface area (Å²) in [4.78, 5) is 2.26. The van der Waals surface area contributed by atoms with Crippen molar-refractivity contribution in [3.63, 3.8) is 0 Å². The summed E-state index contributed by atoms with van der Waals surface area (Å²) in [5, 5.41) is 0.606. The number of hydrogen-bond acceptors (Lipinski definition) is 5. The van der Waals surface area contributed by atoms with Gasteiger partial charge in [-0.15, -0.1) is 0 Å². The molecule has 0 bridgehead atoms. The molecule has 0 fully saturated rings. The van der Waals surface area contributed by atoms with Crippen molar-refractivity contribution < 1.29 is 4.74 Å². The molecule has 7 heteroatoms. The molecule has 6 rings (SSSR count). The zero-order valence-corrected chi connectivity index (χ0v) is 28.2. The fraction of sp³-hybridized carbons (Fsp3) is 0. The van der Waals surface area contributed by atoms with Crippen LogP contribution in [0.25, 0.3) is 0 Å². The Hall–Kier alpha value is -2.88. The van der Waals surface area contributed by atoms with E-state index in [1.807, 2.05) is 48.5 Å². The van der Waals surface area contributed by atoms with Crippen LogP contribution in [0.5, 0.6) is 11.5 Å². The Kier molecular flexibility index (Phi) is 9.70. The Morgan fingerprint density at radius 3 is 0.860 bits per heavy atom. The molecule has 0 unspecified atom stereocenters. The van der Waals surface area contributed by atoms with Crippen LogP contribution >= 0.6 is 33.2 Å². The predicted molar refractivity (Wildman–Crippen MR) is 198 cm³/mol.